The van der Waals surface area contributed by atoms with Crippen LogP contribution in [0.25, 0.3) is 22.2 Å². The van der Waals surface area contributed by atoms with Crippen LogP contribution in [-0.4, -0.2) is 63.7 Å². The van der Waals surface area contributed by atoms with E-state index in [1.54, 1.807) is 25.6 Å². The number of H-pyrrole nitrogens is 1. The number of methoxy groups -OCH3 is 2. The van der Waals surface area contributed by atoms with Gasteiger partial charge in [-0.2, -0.15) is 0 Å². The van der Waals surface area contributed by atoms with E-state index in [9.17, 15) is 0 Å². The fraction of sp³-hybridized carbons (Fsp3) is 0.250. The van der Waals surface area contributed by atoms with Crippen LogP contribution < -0.4 is 14.2 Å². The minimum atomic E-state index is 0.181. The lowest BCUT2D eigenvalue weighted by molar-refractivity contribution is 0.180. The third-order valence-electron chi connectivity index (χ3n) is 5.89. The quantitative estimate of drug-likeness (QED) is 0.184. The van der Waals surface area contributed by atoms with Crippen LogP contribution >= 0.6 is 11.3 Å². The van der Waals surface area contributed by atoms with E-state index in [2.05, 4.69) is 26.9 Å². The standard InChI is InChI=1S/C28H27N3O4S/c1-31(2)11-13-34-18-9-10-23-22(15-18)26-27(29-23)20-16-24(32-3)25(33-4)17-21(20)28(26)30-35-12-5-7-19-8-6-14-36-19/h6,8-10,14-17,29H,11-13H2,1-4H3/b30-28-. The number of hydrogen-bond donors (Lipinski definition) is 1. The first-order valence-electron chi connectivity index (χ1n) is 11.5. The van der Waals surface area contributed by atoms with Crippen LogP contribution in [0.2, 0.25) is 0 Å². The molecule has 7 nitrogen and oxygen atoms in total. The summed E-state index contributed by atoms with van der Waals surface area (Å²) in [5.74, 6) is 8.20. The molecular formula is C28H27N3O4S. The van der Waals surface area contributed by atoms with E-state index in [4.69, 9.17) is 19.0 Å². The lowest BCUT2D eigenvalue weighted by atomic mass is 10.1. The molecule has 0 unspecified atom stereocenters. The second-order valence-electron chi connectivity index (χ2n) is 8.48. The smallest absolute Gasteiger partial charge is 0.177 e. The van der Waals surface area contributed by atoms with Crippen molar-refractivity contribution in [1.29, 1.82) is 0 Å². The van der Waals surface area contributed by atoms with Gasteiger partial charge in [-0.25, -0.2) is 0 Å². The van der Waals surface area contributed by atoms with Gasteiger partial charge in [0.05, 0.1) is 24.8 Å². The molecule has 0 spiro atoms. The van der Waals surface area contributed by atoms with Crippen LogP contribution in [0.5, 0.6) is 17.2 Å². The van der Waals surface area contributed by atoms with Crippen molar-refractivity contribution in [3.05, 3.63) is 63.8 Å². The van der Waals surface area contributed by atoms with Crippen molar-refractivity contribution < 1.29 is 19.0 Å². The number of ether oxygens (including phenoxy) is 3. The maximum atomic E-state index is 6.00. The van der Waals surface area contributed by atoms with E-state index in [0.717, 1.165) is 56.2 Å². The SMILES string of the molecule is COc1cc2c(cc1OC)-c1[nH]c3ccc(OCCN(C)C)cc3c1/C2=N\OCC#Cc1cccs1. The zero-order chi connectivity index (χ0) is 25.1. The van der Waals surface area contributed by atoms with E-state index in [1.165, 1.54) is 0 Å². The number of oxime groups is 1. The summed E-state index contributed by atoms with van der Waals surface area (Å²) in [6.45, 7) is 1.62. The Hall–Kier alpha value is -3.93. The second-order valence-corrected chi connectivity index (χ2v) is 9.43. The molecule has 0 saturated heterocycles. The van der Waals surface area contributed by atoms with Gasteiger partial charge in [0.1, 0.15) is 18.1 Å². The number of aromatic nitrogens is 1. The average Bonchev–Trinajstić information content (AvgIpc) is 3.59. The largest absolute Gasteiger partial charge is 0.493 e. The van der Waals surface area contributed by atoms with Gasteiger partial charge < -0.3 is 28.9 Å². The Morgan fingerprint density at radius 1 is 1.03 bits per heavy atom. The maximum absolute atomic E-state index is 6.00. The van der Waals surface area contributed by atoms with Crippen LogP contribution in [0.4, 0.5) is 0 Å². The molecule has 2 aromatic carbocycles. The van der Waals surface area contributed by atoms with Crippen molar-refractivity contribution >= 4 is 28.0 Å². The van der Waals surface area contributed by atoms with E-state index in [0.29, 0.717) is 18.1 Å². The molecule has 5 rings (SSSR count). The van der Waals surface area contributed by atoms with Crippen LogP contribution in [0.15, 0.2) is 53.0 Å². The highest BCUT2D eigenvalue weighted by atomic mass is 32.1. The van der Waals surface area contributed by atoms with Gasteiger partial charge in [-0.15, -0.1) is 11.3 Å². The molecule has 1 aliphatic carbocycles. The third-order valence-corrected chi connectivity index (χ3v) is 6.67. The van der Waals surface area contributed by atoms with Crippen molar-refractivity contribution in [2.24, 2.45) is 5.16 Å². The number of likely N-dealkylation sites (N-methyl/N-ethyl adjacent to an activating group) is 1. The Labute approximate surface area is 214 Å². The molecule has 0 radical (unpaired) electrons. The number of nitrogens with one attached hydrogen (secondary N) is 1. The van der Waals surface area contributed by atoms with E-state index in [-0.39, 0.29) is 6.61 Å². The summed E-state index contributed by atoms with van der Waals surface area (Å²) in [6, 6.07) is 13.9. The van der Waals surface area contributed by atoms with Gasteiger partial charge in [-0.05, 0) is 55.9 Å². The summed E-state index contributed by atoms with van der Waals surface area (Å²) in [5, 5.41) is 7.55. The number of thiophene rings is 1. The molecule has 1 aliphatic rings. The first-order valence-corrected chi connectivity index (χ1v) is 12.4. The maximum Gasteiger partial charge on any atom is 0.177 e. The lowest BCUT2D eigenvalue weighted by Gasteiger charge is -2.12. The molecule has 0 amide bonds. The Bertz CT molecular complexity index is 1480. The van der Waals surface area contributed by atoms with Crippen molar-refractivity contribution in [3.8, 4) is 40.3 Å². The predicted molar refractivity (Wildman–Crippen MR) is 144 cm³/mol. The third kappa shape index (κ3) is 4.63. The first kappa shape index (κ1) is 23.8. The average molecular weight is 502 g/mol. The van der Waals surface area contributed by atoms with Crippen LogP contribution in [-0.2, 0) is 4.84 Å². The lowest BCUT2D eigenvalue weighted by Crippen LogP contribution is -2.19. The fourth-order valence-electron chi connectivity index (χ4n) is 4.17. The summed E-state index contributed by atoms with van der Waals surface area (Å²) < 4.78 is 17.1. The van der Waals surface area contributed by atoms with E-state index in [1.807, 2.05) is 61.9 Å². The number of rotatable bonds is 8. The molecular weight excluding hydrogens is 474 g/mol. The van der Waals surface area contributed by atoms with Gasteiger partial charge in [0, 0.05) is 34.1 Å². The number of benzene rings is 2. The molecule has 184 valence electrons. The highest BCUT2D eigenvalue weighted by Gasteiger charge is 2.32. The molecule has 1 N–H and O–H groups in total. The summed E-state index contributed by atoms with van der Waals surface area (Å²) in [4.78, 5) is 12.3. The normalized spacial score (nSPS) is 12.9. The molecule has 0 saturated carbocycles. The molecule has 36 heavy (non-hydrogen) atoms. The number of hydrogen-bond acceptors (Lipinski definition) is 7. The molecule has 2 aromatic heterocycles. The molecule has 0 aliphatic heterocycles. The molecule has 8 heteroatoms. The number of fused-ring (bicyclic) bond motifs is 5. The van der Waals surface area contributed by atoms with E-state index >= 15 is 0 Å². The summed E-state index contributed by atoms with van der Waals surface area (Å²) in [6.07, 6.45) is 0. The predicted octanol–water partition coefficient (Wildman–Crippen LogP) is 4.99. The highest BCUT2D eigenvalue weighted by Crippen LogP contribution is 2.45. The number of aromatic amines is 1. The minimum Gasteiger partial charge on any atom is -0.493 e. The Kier molecular flexibility index (Phi) is 6.85. The molecule has 2 heterocycles. The van der Waals surface area contributed by atoms with Crippen molar-refractivity contribution in [1.82, 2.24) is 9.88 Å². The van der Waals surface area contributed by atoms with Crippen molar-refractivity contribution in [2.45, 2.75) is 0 Å². The molecule has 0 atom stereocenters. The van der Waals surface area contributed by atoms with Crippen molar-refractivity contribution in [3.63, 3.8) is 0 Å². The zero-order valence-electron chi connectivity index (χ0n) is 20.7. The van der Waals surface area contributed by atoms with Gasteiger partial charge >= 0.3 is 0 Å². The molecule has 0 fully saturated rings. The van der Waals surface area contributed by atoms with Gasteiger partial charge in [0.25, 0.3) is 0 Å². The van der Waals surface area contributed by atoms with Gasteiger partial charge in [-0.1, -0.05) is 23.1 Å². The monoisotopic (exact) mass is 501 g/mol. The number of nitrogens with zero attached hydrogens (tertiary/aromatic N) is 2. The molecule has 0 bridgehead atoms. The first-order chi connectivity index (χ1) is 17.6. The summed E-state index contributed by atoms with van der Waals surface area (Å²) in [7, 11) is 7.31. The van der Waals surface area contributed by atoms with Crippen LogP contribution in [0.1, 0.15) is 16.0 Å². The van der Waals surface area contributed by atoms with E-state index < -0.39 is 0 Å². The Balaban J connectivity index is 1.54. The second kappa shape index (κ2) is 10.4. The molecule has 4 aromatic rings. The van der Waals surface area contributed by atoms with Crippen LogP contribution in [0.3, 0.4) is 0 Å². The highest BCUT2D eigenvalue weighted by molar-refractivity contribution is 7.10. The topological polar surface area (TPSA) is 68.3 Å². The van der Waals surface area contributed by atoms with Gasteiger partial charge in [0.2, 0.25) is 0 Å². The Morgan fingerprint density at radius 2 is 1.83 bits per heavy atom. The van der Waals surface area contributed by atoms with Gasteiger partial charge in [0.15, 0.2) is 18.1 Å². The summed E-state index contributed by atoms with van der Waals surface area (Å²) >= 11 is 1.60. The van der Waals surface area contributed by atoms with Crippen LogP contribution in [0, 0.1) is 11.8 Å². The minimum absolute atomic E-state index is 0.181. The summed E-state index contributed by atoms with van der Waals surface area (Å²) in [5.41, 5.74) is 5.50. The van der Waals surface area contributed by atoms with Gasteiger partial charge in [-0.3, -0.25) is 0 Å². The fourth-order valence-corrected chi connectivity index (χ4v) is 4.76. The zero-order valence-corrected chi connectivity index (χ0v) is 21.5. The Morgan fingerprint density at radius 3 is 2.56 bits per heavy atom. The van der Waals surface area contributed by atoms with Crippen molar-refractivity contribution in [2.75, 3.05) is 48.1 Å².